The Kier molecular flexibility index (Phi) is 2.62. The van der Waals surface area contributed by atoms with Crippen LogP contribution < -0.4 is 5.32 Å². The Hall–Kier alpha value is -1.91. The van der Waals surface area contributed by atoms with Gasteiger partial charge >= 0.3 is 6.03 Å². The van der Waals surface area contributed by atoms with Gasteiger partial charge in [0.05, 0.1) is 6.54 Å². The van der Waals surface area contributed by atoms with Crippen LogP contribution in [0.1, 0.15) is 5.69 Å². The monoisotopic (exact) mass is 205 g/mol. The highest BCUT2D eigenvalue weighted by Gasteiger charge is 2.27. The van der Waals surface area contributed by atoms with E-state index in [0.29, 0.717) is 13.0 Å². The minimum atomic E-state index is -0.309. The van der Waals surface area contributed by atoms with Crippen LogP contribution in [0.15, 0.2) is 24.4 Å². The van der Waals surface area contributed by atoms with Crippen LogP contribution in [0.4, 0.5) is 4.79 Å². The Morgan fingerprint density at radius 2 is 2.27 bits per heavy atom. The predicted octanol–water partition coefficient (Wildman–Crippen LogP) is 0.176. The maximum absolute atomic E-state index is 11.2. The molecule has 0 atom stereocenters. The molecule has 1 N–H and O–H groups in total. The molecule has 0 unspecified atom stereocenters. The van der Waals surface area contributed by atoms with Crippen molar-refractivity contribution in [1.29, 1.82) is 0 Å². The van der Waals surface area contributed by atoms with Crippen LogP contribution in [-0.4, -0.2) is 34.9 Å². The molecule has 15 heavy (non-hydrogen) atoms. The number of imide groups is 1. The molecule has 2 heterocycles. The molecular weight excluding hydrogens is 194 g/mol. The number of amides is 3. The van der Waals surface area contributed by atoms with Gasteiger partial charge in [0.2, 0.25) is 5.91 Å². The van der Waals surface area contributed by atoms with Crippen molar-refractivity contribution in [3.05, 3.63) is 30.1 Å². The molecule has 2 rings (SSSR count). The van der Waals surface area contributed by atoms with Crippen LogP contribution in [0.2, 0.25) is 0 Å². The first-order valence-electron chi connectivity index (χ1n) is 4.75. The molecule has 5 heteroatoms. The number of aromatic nitrogens is 1. The molecular formula is C10H11N3O2. The van der Waals surface area contributed by atoms with Crippen molar-refractivity contribution in [3.63, 3.8) is 0 Å². The summed E-state index contributed by atoms with van der Waals surface area (Å²) in [4.78, 5) is 27.7. The lowest BCUT2D eigenvalue weighted by atomic mass is 10.2. The van der Waals surface area contributed by atoms with E-state index in [1.54, 1.807) is 6.20 Å². The van der Waals surface area contributed by atoms with Gasteiger partial charge in [-0.2, -0.15) is 0 Å². The number of nitrogens with one attached hydrogen (secondary N) is 1. The van der Waals surface area contributed by atoms with Gasteiger partial charge in [0.15, 0.2) is 0 Å². The Balaban J connectivity index is 1.93. The highest BCUT2D eigenvalue weighted by Crippen LogP contribution is 2.02. The molecule has 0 spiro atoms. The number of carbonyl (C=O) groups is 2. The van der Waals surface area contributed by atoms with Crippen molar-refractivity contribution in [2.24, 2.45) is 0 Å². The first-order valence-corrected chi connectivity index (χ1v) is 4.75. The van der Waals surface area contributed by atoms with E-state index in [4.69, 9.17) is 0 Å². The molecule has 0 aliphatic carbocycles. The normalized spacial score (nSPS) is 15.6. The number of rotatable bonds is 3. The Morgan fingerprint density at radius 3 is 2.87 bits per heavy atom. The number of urea groups is 1. The lowest BCUT2D eigenvalue weighted by molar-refractivity contribution is -0.124. The molecule has 0 radical (unpaired) electrons. The second-order valence-corrected chi connectivity index (χ2v) is 3.28. The Labute approximate surface area is 87.1 Å². The SMILES string of the molecule is O=C1CNC(=O)N1CCc1ccccn1. The summed E-state index contributed by atoms with van der Waals surface area (Å²) in [5, 5.41) is 2.47. The van der Waals surface area contributed by atoms with Gasteiger partial charge in [0.25, 0.3) is 0 Å². The molecule has 1 aromatic rings. The minimum Gasteiger partial charge on any atom is -0.329 e. The van der Waals surface area contributed by atoms with Crippen molar-refractivity contribution in [2.75, 3.05) is 13.1 Å². The van der Waals surface area contributed by atoms with Gasteiger partial charge in [-0.15, -0.1) is 0 Å². The number of hydrogen-bond acceptors (Lipinski definition) is 3. The molecule has 0 saturated carbocycles. The van der Waals surface area contributed by atoms with Crippen LogP contribution in [0.5, 0.6) is 0 Å². The maximum atomic E-state index is 11.2. The first-order chi connectivity index (χ1) is 7.27. The van der Waals surface area contributed by atoms with E-state index in [-0.39, 0.29) is 18.5 Å². The van der Waals surface area contributed by atoms with Crippen molar-refractivity contribution in [2.45, 2.75) is 6.42 Å². The summed E-state index contributed by atoms with van der Waals surface area (Å²) >= 11 is 0. The summed E-state index contributed by atoms with van der Waals surface area (Å²) in [6.07, 6.45) is 2.29. The van der Waals surface area contributed by atoms with E-state index in [2.05, 4.69) is 10.3 Å². The van der Waals surface area contributed by atoms with Gasteiger partial charge < -0.3 is 5.32 Å². The summed E-state index contributed by atoms with van der Waals surface area (Å²) in [5.74, 6) is -0.170. The average Bonchev–Trinajstić information content (AvgIpc) is 2.58. The maximum Gasteiger partial charge on any atom is 0.324 e. The summed E-state index contributed by atoms with van der Waals surface area (Å²) in [6, 6.07) is 5.28. The quantitative estimate of drug-likeness (QED) is 0.716. The van der Waals surface area contributed by atoms with Gasteiger partial charge in [0.1, 0.15) is 0 Å². The number of pyridine rings is 1. The Bertz CT molecular complexity index is 362. The first kappa shape index (κ1) is 9.64. The van der Waals surface area contributed by atoms with E-state index in [9.17, 15) is 9.59 Å². The fourth-order valence-electron chi connectivity index (χ4n) is 1.45. The zero-order valence-electron chi connectivity index (χ0n) is 8.14. The van der Waals surface area contributed by atoms with Crippen LogP contribution in [0.3, 0.4) is 0 Å². The highest BCUT2D eigenvalue weighted by molar-refractivity contribution is 6.01. The van der Waals surface area contributed by atoms with E-state index in [1.165, 1.54) is 4.90 Å². The fraction of sp³-hybridized carbons (Fsp3) is 0.300. The molecule has 0 bridgehead atoms. The van der Waals surface area contributed by atoms with E-state index >= 15 is 0 Å². The molecule has 1 saturated heterocycles. The van der Waals surface area contributed by atoms with E-state index in [1.807, 2.05) is 18.2 Å². The number of carbonyl (C=O) groups excluding carboxylic acids is 2. The van der Waals surface area contributed by atoms with Gasteiger partial charge in [-0.25, -0.2) is 4.79 Å². The van der Waals surface area contributed by atoms with Crippen molar-refractivity contribution in [1.82, 2.24) is 15.2 Å². The van der Waals surface area contributed by atoms with Gasteiger partial charge in [0, 0.05) is 24.9 Å². The molecule has 3 amide bonds. The smallest absolute Gasteiger partial charge is 0.324 e. The second-order valence-electron chi connectivity index (χ2n) is 3.28. The van der Waals surface area contributed by atoms with Gasteiger partial charge in [-0.3, -0.25) is 14.7 Å². The molecule has 5 nitrogen and oxygen atoms in total. The third-order valence-electron chi connectivity index (χ3n) is 2.25. The zero-order valence-corrected chi connectivity index (χ0v) is 8.14. The topological polar surface area (TPSA) is 62.3 Å². The molecule has 1 aromatic heterocycles. The lowest BCUT2D eigenvalue weighted by Gasteiger charge is -2.11. The van der Waals surface area contributed by atoms with Gasteiger partial charge in [-0.05, 0) is 12.1 Å². The van der Waals surface area contributed by atoms with Crippen LogP contribution in [0, 0.1) is 0 Å². The van der Waals surface area contributed by atoms with E-state index < -0.39 is 0 Å². The third-order valence-corrected chi connectivity index (χ3v) is 2.25. The lowest BCUT2D eigenvalue weighted by Crippen LogP contribution is -2.32. The average molecular weight is 205 g/mol. The van der Waals surface area contributed by atoms with Crippen molar-refractivity contribution >= 4 is 11.9 Å². The molecule has 78 valence electrons. The number of nitrogens with zero attached hydrogens (tertiary/aromatic N) is 2. The zero-order chi connectivity index (χ0) is 10.7. The second kappa shape index (κ2) is 4.08. The molecule has 0 aromatic carbocycles. The van der Waals surface area contributed by atoms with Crippen molar-refractivity contribution in [3.8, 4) is 0 Å². The molecule has 1 aliphatic rings. The standard InChI is InChI=1S/C10H11N3O2/c14-9-7-12-10(15)13(9)6-4-8-3-1-2-5-11-8/h1-3,5H,4,6-7H2,(H,12,15). The van der Waals surface area contributed by atoms with Crippen LogP contribution in [-0.2, 0) is 11.2 Å². The largest absolute Gasteiger partial charge is 0.329 e. The van der Waals surface area contributed by atoms with Crippen molar-refractivity contribution < 1.29 is 9.59 Å². The Morgan fingerprint density at radius 1 is 1.40 bits per heavy atom. The third kappa shape index (κ3) is 2.12. The molecule has 1 aliphatic heterocycles. The predicted molar refractivity (Wildman–Crippen MR) is 53.1 cm³/mol. The summed E-state index contributed by atoms with van der Waals surface area (Å²) in [6.45, 7) is 0.503. The summed E-state index contributed by atoms with van der Waals surface area (Å²) in [5.41, 5.74) is 0.880. The van der Waals surface area contributed by atoms with Crippen LogP contribution >= 0.6 is 0 Å². The van der Waals surface area contributed by atoms with E-state index in [0.717, 1.165) is 5.69 Å². The summed E-state index contributed by atoms with van der Waals surface area (Å²) < 4.78 is 0. The number of hydrogen-bond donors (Lipinski definition) is 1. The van der Waals surface area contributed by atoms with Crippen LogP contribution in [0.25, 0.3) is 0 Å². The fourth-order valence-corrected chi connectivity index (χ4v) is 1.45. The molecule has 1 fully saturated rings. The summed E-state index contributed by atoms with van der Waals surface area (Å²) in [7, 11) is 0. The highest BCUT2D eigenvalue weighted by atomic mass is 16.2. The minimum absolute atomic E-state index is 0.112. The van der Waals surface area contributed by atoms with Gasteiger partial charge in [-0.1, -0.05) is 6.07 Å².